The van der Waals surface area contributed by atoms with E-state index in [0.29, 0.717) is 0 Å². The van der Waals surface area contributed by atoms with Gasteiger partial charge in [0.05, 0.1) is 7.11 Å². The summed E-state index contributed by atoms with van der Waals surface area (Å²) in [6, 6.07) is 5.05. The monoisotopic (exact) mass is 202 g/mol. The second kappa shape index (κ2) is 5.06. The van der Waals surface area contributed by atoms with Crippen LogP contribution in [0.15, 0.2) is 18.2 Å². The van der Waals surface area contributed by atoms with Gasteiger partial charge in [-0.15, -0.1) is 5.75 Å². The average molecular weight is 202 g/mol. The van der Waals surface area contributed by atoms with Crippen LogP contribution in [0, 0.1) is 0 Å². The number of ether oxygens (including phenoxy) is 1. The van der Waals surface area contributed by atoms with E-state index in [1.54, 1.807) is 19.2 Å². The van der Waals surface area contributed by atoms with E-state index in [9.17, 15) is 5.11 Å². The number of benzene rings is 1. The molecule has 2 nitrogen and oxygen atoms in total. The molecule has 0 aliphatic carbocycles. The normalized spacial score (nSPS) is 10.6. The van der Waals surface area contributed by atoms with Crippen LogP contribution in [0.25, 0.3) is 0 Å². The first-order valence-corrected chi connectivity index (χ1v) is 4.30. The first kappa shape index (κ1) is 13.8. The van der Waals surface area contributed by atoms with Gasteiger partial charge in [-0.25, -0.2) is 0 Å². The molecule has 0 spiro atoms. The van der Waals surface area contributed by atoms with Crippen molar-refractivity contribution in [2.45, 2.75) is 26.2 Å². The van der Waals surface area contributed by atoms with Gasteiger partial charge in [0.1, 0.15) is 5.75 Å². The first-order valence-electron chi connectivity index (χ1n) is 4.30. The van der Waals surface area contributed by atoms with Crippen molar-refractivity contribution in [3.8, 4) is 11.5 Å². The molecule has 0 radical (unpaired) electrons. The van der Waals surface area contributed by atoms with Gasteiger partial charge < -0.3 is 9.84 Å². The molecule has 3 heteroatoms. The third kappa shape index (κ3) is 3.19. The molecule has 1 aromatic rings. The van der Waals surface area contributed by atoms with Crippen molar-refractivity contribution in [2.75, 3.05) is 7.11 Å². The van der Waals surface area contributed by atoms with Crippen molar-refractivity contribution < 1.29 is 39.4 Å². The fraction of sp³-hybridized carbons (Fsp3) is 0.455. The predicted molar refractivity (Wildman–Crippen MR) is 51.1 cm³/mol. The summed E-state index contributed by atoms with van der Waals surface area (Å²) in [5, 5.41) is 11.5. The van der Waals surface area contributed by atoms with E-state index in [-0.39, 0.29) is 40.7 Å². The average Bonchev–Trinajstić information content (AvgIpc) is 2.03. The van der Waals surface area contributed by atoms with Crippen molar-refractivity contribution in [3.63, 3.8) is 0 Å². The third-order valence-electron chi connectivity index (χ3n) is 1.99. The number of rotatable bonds is 1. The maximum absolute atomic E-state index is 11.5. The molecule has 0 fully saturated rings. The molecule has 0 saturated heterocycles. The van der Waals surface area contributed by atoms with E-state index < -0.39 is 0 Å². The Balaban J connectivity index is 0.00000169. The molecule has 0 N–H and O–H groups in total. The van der Waals surface area contributed by atoms with Gasteiger partial charge >= 0.3 is 29.6 Å². The second-order valence-electron chi connectivity index (χ2n) is 4.11. The van der Waals surface area contributed by atoms with E-state index in [0.717, 1.165) is 11.3 Å². The molecule has 1 rings (SSSR count). The Labute approximate surface area is 108 Å². The molecule has 72 valence electrons. The summed E-state index contributed by atoms with van der Waals surface area (Å²) in [5.74, 6) is 0.817. The van der Waals surface area contributed by atoms with Crippen LogP contribution in [0.2, 0.25) is 0 Å². The van der Waals surface area contributed by atoms with Crippen LogP contribution >= 0.6 is 0 Å². The third-order valence-corrected chi connectivity index (χ3v) is 1.99. The van der Waals surface area contributed by atoms with Crippen LogP contribution < -0.4 is 39.4 Å². The summed E-state index contributed by atoms with van der Waals surface area (Å²) in [6.45, 7) is 6.05. The maximum atomic E-state index is 11.5. The standard InChI is InChI=1S/C11H16O2.Na/c1-11(2,3)9-7-8(13-4)5-6-10(9)12;/h5-7,12H,1-4H3;/q;+1/p-1. The molecular weight excluding hydrogens is 187 g/mol. The van der Waals surface area contributed by atoms with Crippen molar-refractivity contribution in [2.24, 2.45) is 0 Å². The summed E-state index contributed by atoms with van der Waals surface area (Å²) < 4.78 is 5.07. The van der Waals surface area contributed by atoms with Crippen LogP contribution in [-0.4, -0.2) is 7.11 Å². The quantitative estimate of drug-likeness (QED) is 0.551. The van der Waals surface area contributed by atoms with E-state index in [1.165, 1.54) is 0 Å². The zero-order valence-electron chi connectivity index (χ0n) is 9.55. The largest absolute Gasteiger partial charge is 1.00 e. The first-order chi connectivity index (χ1) is 5.95. The minimum atomic E-state index is -0.119. The van der Waals surface area contributed by atoms with Crippen LogP contribution in [-0.2, 0) is 5.41 Å². The molecule has 0 bridgehead atoms. The molecule has 0 heterocycles. The van der Waals surface area contributed by atoms with E-state index in [1.807, 2.05) is 26.8 Å². The number of methoxy groups -OCH3 is 1. The maximum Gasteiger partial charge on any atom is 1.00 e. The summed E-state index contributed by atoms with van der Waals surface area (Å²) in [4.78, 5) is 0. The number of hydrogen-bond donors (Lipinski definition) is 0. The Hall–Kier alpha value is -0.180. The van der Waals surface area contributed by atoms with Gasteiger partial charge in [0.2, 0.25) is 0 Å². The van der Waals surface area contributed by atoms with Crippen LogP contribution in [0.4, 0.5) is 0 Å². The minimum absolute atomic E-state index is 0. The SMILES string of the molecule is COc1ccc([O-])c(C(C)(C)C)c1.[Na+]. The van der Waals surface area contributed by atoms with Gasteiger partial charge in [-0.3, -0.25) is 0 Å². The zero-order valence-corrected chi connectivity index (χ0v) is 11.5. The minimum Gasteiger partial charge on any atom is -0.872 e. The Morgan fingerprint density at radius 3 is 2.21 bits per heavy atom. The van der Waals surface area contributed by atoms with Crippen molar-refractivity contribution >= 4 is 0 Å². The summed E-state index contributed by atoms with van der Waals surface area (Å²) in [7, 11) is 1.60. The molecular formula is C11H15NaO2. The Morgan fingerprint density at radius 2 is 1.79 bits per heavy atom. The van der Waals surface area contributed by atoms with Crippen molar-refractivity contribution in [1.82, 2.24) is 0 Å². The summed E-state index contributed by atoms with van der Waals surface area (Å²) >= 11 is 0. The Bertz CT molecular complexity index is 303. The van der Waals surface area contributed by atoms with Gasteiger partial charge in [0.25, 0.3) is 0 Å². The molecule has 0 atom stereocenters. The van der Waals surface area contributed by atoms with Crippen molar-refractivity contribution in [1.29, 1.82) is 0 Å². The fourth-order valence-corrected chi connectivity index (χ4v) is 1.22. The van der Waals surface area contributed by atoms with Crippen LogP contribution in [0.3, 0.4) is 0 Å². The molecule has 0 saturated carbocycles. The van der Waals surface area contributed by atoms with E-state index in [4.69, 9.17) is 4.74 Å². The van der Waals surface area contributed by atoms with Crippen molar-refractivity contribution in [3.05, 3.63) is 23.8 Å². The topological polar surface area (TPSA) is 32.3 Å². The van der Waals surface area contributed by atoms with E-state index >= 15 is 0 Å². The van der Waals surface area contributed by atoms with Crippen LogP contribution in [0.1, 0.15) is 26.3 Å². The van der Waals surface area contributed by atoms with Gasteiger partial charge in [0.15, 0.2) is 0 Å². The molecule has 1 aromatic carbocycles. The molecule has 0 amide bonds. The second-order valence-corrected chi connectivity index (χ2v) is 4.11. The Kier molecular flexibility index (Phi) is 4.99. The van der Waals surface area contributed by atoms with Gasteiger partial charge in [-0.1, -0.05) is 26.8 Å². The van der Waals surface area contributed by atoms with Gasteiger partial charge in [-0.2, -0.15) is 0 Å². The van der Waals surface area contributed by atoms with E-state index in [2.05, 4.69) is 0 Å². The summed E-state index contributed by atoms with van der Waals surface area (Å²) in [6.07, 6.45) is 0. The van der Waals surface area contributed by atoms with Crippen LogP contribution in [0.5, 0.6) is 11.5 Å². The predicted octanol–water partition coefficient (Wildman–Crippen LogP) is -0.930. The summed E-state index contributed by atoms with van der Waals surface area (Å²) in [5.41, 5.74) is 0.679. The smallest absolute Gasteiger partial charge is 0.872 e. The molecule has 0 unspecified atom stereocenters. The fourth-order valence-electron chi connectivity index (χ4n) is 1.22. The molecule has 14 heavy (non-hydrogen) atoms. The molecule has 0 aromatic heterocycles. The van der Waals surface area contributed by atoms with Gasteiger partial charge in [0, 0.05) is 0 Å². The molecule has 0 aliphatic rings. The Morgan fingerprint density at radius 1 is 1.21 bits per heavy atom. The number of hydrogen-bond acceptors (Lipinski definition) is 2. The zero-order chi connectivity index (χ0) is 10.1. The van der Waals surface area contributed by atoms with Gasteiger partial charge in [-0.05, 0) is 23.1 Å². The molecule has 0 aliphatic heterocycles.